The molecule has 0 saturated carbocycles. The molecule has 0 fully saturated rings. The van der Waals surface area contributed by atoms with Gasteiger partial charge in [-0.3, -0.25) is 9.68 Å². The Morgan fingerprint density at radius 3 is 1.03 bits per heavy atom. The molecular weight excluding hydrogens is 801 g/mol. The number of nitrogens with zero attached hydrogens (tertiary/aromatic N) is 4. The van der Waals surface area contributed by atoms with Gasteiger partial charge in [0, 0.05) is 21.6 Å². The van der Waals surface area contributed by atoms with Crippen LogP contribution in [0.5, 0.6) is 0 Å². The molecule has 0 bridgehead atoms. The first-order chi connectivity index (χ1) is 30.9. The summed E-state index contributed by atoms with van der Waals surface area (Å²) in [4.78, 5) is 44.4. The summed E-state index contributed by atoms with van der Waals surface area (Å²) in [5, 5.41) is 9.22. The maximum Gasteiger partial charge on any atom is 0.445 e. The summed E-state index contributed by atoms with van der Waals surface area (Å²) in [5.74, 6) is 0.231. The van der Waals surface area contributed by atoms with Crippen molar-refractivity contribution in [2.24, 2.45) is 22.1 Å². The van der Waals surface area contributed by atoms with Crippen LogP contribution in [0.2, 0.25) is 0 Å². The van der Waals surface area contributed by atoms with Gasteiger partial charge in [-0.2, -0.15) is 0 Å². The summed E-state index contributed by atoms with van der Waals surface area (Å²) in [6, 6.07) is 54.5. The average molecular weight is 859 g/mol. The molecule has 0 aliphatic carbocycles. The molecule has 2 unspecified atom stereocenters. The fourth-order valence-electron chi connectivity index (χ4n) is 7.51. The van der Waals surface area contributed by atoms with E-state index in [1.165, 1.54) is 0 Å². The van der Waals surface area contributed by atoms with Gasteiger partial charge in [0.15, 0.2) is 0 Å². The van der Waals surface area contributed by atoms with E-state index in [0.717, 1.165) is 83.7 Å². The van der Waals surface area contributed by atoms with Crippen molar-refractivity contribution in [2.45, 2.75) is 88.9 Å². The Balaban J connectivity index is 1.21. The van der Waals surface area contributed by atoms with E-state index >= 15 is 0 Å². The van der Waals surface area contributed by atoms with Gasteiger partial charge in [0.05, 0.1) is 34.2 Å². The third-order valence-electron chi connectivity index (χ3n) is 11.0. The van der Waals surface area contributed by atoms with Gasteiger partial charge in [-0.15, -0.1) is 0 Å². The monoisotopic (exact) mass is 858 g/mol. The summed E-state index contributed by atoms with van der Waals surface area (Å²) in [5.41, 5.74) is 6.14. The highest BCUT2D eigenvalue weighted by Gasteiger charge is 2.24. The summed E-state index contributed by atoms with van der Waals surface area (Å²) >= 11 is 1.66. The predicted octanol–water partition coefficient (Wildman–Crippen LogP) is 15.6. The van der Waals surface area contributed by atoms with Gasteiger partial charge in [0.25, 0.3) is 0 Å². The highest BCUT2D eigenvalue weighted by molar-refractivity contribution is 7.99. The van der Waals surface area contributed by atoms with E-state index in [0.29, 0.717) is 22.7 Å². The van der Waals surface area contributed by atoms with Crippen LogP contribution < -0.4 is 9.80 Å². The summed E-state index contributed by atoms with van der Waals surface area (Å²) < 4.78 is 0. The maximum absolute atomic E-state index is 13.8. The Kier molecular flexibility index (Phi) is 17.7. The summed E-state index contributed by atoms with van der Waals surface area (Å²) in [6.45, 7) is 8.68. The molecule has 0 spiro atoms. The molecule has 0 aliphatic rings. The molecule has 0 saturated heterocycles. The molecule has 324 valence electrons. The van der Waals surface area contributed by atoms with Crippen LogP contribution in [0.4, 0.5) is 32.3 Å². The Labute approximate surface area is 377 Å². The highest BCUT2D eigenvalue weighted by atomic mass is 32.2. The number of anilines is 4. The molecule has 0 heterocycles. The lowest BCUT2D eigenvalue weighted by Crippen LogP contribution is -2.26. The number of benzene rings is 6. The molecule has 8 nitrogen and oxygen atoms in total. The first-order valence-electron chi connectivity index (χ1n) is 22.2. The van der Waals surface area contributed by atoms with Crippen LogP contribution in [0, 0.1) is 11.8 Å². The van der Waals surface area contributed by atoms with Crippen molar-refractivity contribution < 1.29 is 19.3 Å². The van der Waals surface area contributed by atoms with E-state index in [-0.39, 0.29) is 11.8 Å². The minimum atomic E-state index is -0.575. The van der Waals surface area contributed by atoms with Gasteiger partial charge < -0.3 is 0 Å². The molecule has 9 heteroatoms. The maximum atomic E-state index is 13.8. The van der Waals surface area contributed by atoms with E-state index in [2.05, 4.69) is 86.5 Å². The van der Waals surface area contributed by atoms with Crippen molar-refractivity contribution in [1.29, 1.82) is 0 Å². The Bertz CT molecular complexity index is 2110. The zero-order valence-electron chi connectivity index (χ0n) is 36.8. The van der Waals surface area contributed by atoms with Gasteiger partial charge in [0.1, 0.15) is 0 Å². The van der Waals surface area contributed by atoms with Gasteiger partial charge >= 0.3 is 12.2 Å². The van der Waals surface area contributed by atoms with Crippen molar-refractivity contribution in [1.82, 2.24) is 0 Å². The number of amides is 2. The zero-order valence-corrected chi connectivity index (χ0v) is 37.6. The molecule has 63 heavy (non-hydrogen) atoms. The van der Waals surface area contributed by atoms with E-state index < -0.39 is 12.2 Å². The van der Waals surface area contributed by atoms with Crippen LogP contribution in [0.1, 0.15) is 90.2 Å². The first-order valence-corrected chi connectivity index (χ1v) is 23.0. The topological polar surface area (TPSA) is 83.8 Å². The number of oxime groups is 2. The fourth-order valence-corrected chi connectivity index (χ4v) is 8.32. The normalized spacial score (nSPS) is 12.6. The molecule has 6 aromatic carbocycles. The number of hydrogen-bond donors (Lipinski definition) is 0. The molecule has 6 rings (SSSR count). The number of rotatable bonds is 20. The minimum Gasteiger partial charge on any atom is -0.297 e. The molecule has 0 N–H and O–H groups in total. The largest absolute Gasteiger partial charge is 0.445 e. The number of carbonyl (C=O) groups is 2. The smallest absolute Gasteiger partial charge is 0.297 e. The SMILES string of the molecule is CCCCC(CC)/C(=N\OC(=O)N(c1ccccc1)c1ccccc1)c1ccc(Sc2ccc(/C(=N/OC(=O)N(c3ccccc3)c3ccccc3)C(CC)CCCC)cc2)cc1. The van der Waals surface area contributed by atoms with Gasteiger partial charge in [-0.1, -0.05) is 173 Å². The lowest BCUT2D eigenvalue weighted by atomic mass is 9.90. The Morgan fingerprint density at radius 2 is 0.762 bits per heavy atom. The third-order valence-corrected chi connectivity index (χ3v) is 12.0. The van der Waals surface area contributed by atoms with Crippen molar-refractivity contribution in [3.05, 3.63) is 181 Å². The second-order valence-electron chi connectivity index (χ2n) is 15.3. The van der Waals surface area contributed by atoms with E-state index in [1.54, 1.807) is 21.6 Å². The zero-order chi connectivity index (χ0) is 44.2. The van der Waals surface area contributed by atoms with E-state index in [9.17, 15) is 9.59 Å². The molecule has 2 atom stereocenters. The Morgan fingerprint density at radius 1 is 0.460 bits per heavy atom. The number of para-hydroxylation sites is 4. The van der Waals surface area contributed by atoms with Crippen molar-refractivity contribution in [3.8, 4) is 0 Å². The molecule has 2 amide bonds. The summed E-state index contributed by atoms with van der Waals surface area (Å²) in [7, 11) is 0. The number of unbranched alkanes of at least 4 members (excludes halogenated alkanes) is 2. The molecule has 0 aliphatic heterocycles. The second kappa shape index (κ2) is 24.3. The Hall–Kier alpha value is -6.45. The van der Waals surface area contributed by atoms with Crippen LogP contribution >= 0.6 is 11.8 Å². The first kappa shape index (κ1) is 46.1. The van der Waals surface area contributed by atoms with Crippen LogP contribution in [-0.4, -0.2) is 23.6 Å². The second-order valence-corrected chi connectivity index (χ2v) is 16.5. The van der Waals surface area contributed by atoms with Gasteiger partial charge in [0.2, 0.25) is 0 Å². The van der Waals surface area contributed by atoms with Crippen LogP contribution in [0.3, 0.4) is 0 Å². The van der Waals surface area contributed by atoms with Crippen LogP contribution in [0.15, 0.2) is 190 Å². The van der Waals surface area contributed by atoms with Crippen molar-refractivity contribution >= 4 is 58.1 Å². The van der Waals surface area contributed by atoms with Crippen LogP contribution in [-0.2, 0) is 9.68 Å². The lowest BCUT2D eigenvalue weighted by molar-refractivity contribution is 0.159. The highest BCUT2D eigenvalue weighted by Crippen LogP contribution is 2.32. The average Bonchev–Trinajstić information content (AvgIpc) is 3.33. The lowest BCUT2D eigenvalue weighted by Gasteiger charge is -2.22. The molecule has 0 radical (unpaired) electrons. The molecule has 0 aromatic heterocycles. The minimum absolute atomic E-state index is 0.116. The van der Waals surface area contributed by atoms with Gasteiger partial charge in [-0.25, -0.2) is 19.4 Å². The van der Waals surface area contributed by atoms with Crippen LogP contribution in [0.25, 0.3) is 0 Å². The number of carbonyl (C=O) groups excluding carboxylic acids is 2. The number of hydrogen-bond acceptors (Lipinski definition) is 7. The molecular formula is C54H58N4O4S. The fraction of sp³-hybridized carbons (Fsp3) is 0.259. The van der Waals surface area contributed by atoms with E-state index in [1.807, 2.05) is 121 Å². The quantitative estimate of drug-likeness (QED) is 0.0434. The third kappa shape index (κ3) is 12.8. The van der Waals surface area contributed by atoms with Gasteiger partial charge in [-0.05, 0) is 110 Å². The van der Waals surface area contributed by atoms with Crippen molar-refractivity contribution in [2.75, 3.05) is 9.80 Å². The standard InChI is InChI=1S/C54H58N4O4S/c1-5-9-23-41(7-3)51(55-61-53(59)57(45-25-15-11-16-26-45)46-27-17-12-18-28-46)43-33-37-49(38-34-43)63-50-39-35-44(36-40-50)52(42(8-4)24-10-6-2)56-62-54(60)58(47-29-19-13-20-30-47)48-31-21-14-22-32-48/h11-22,25-42H,5-10,23-24H2,1-4H3/b55-51+,56-52+. The van der Waals surface area contributed by atoms with Crippen molar-refractivity contribution in [3.63, 3.8) is 0 Å². The molecule has 6 aromatic rings. The summed E-state index contributed by atoms with van der Waals surface area (Å²) in [6.07, 6.45) is 6.66. The predicted molar refractivity (Wildman–Crippen MR) is 260 cm³/mol. The van der Waals surface area contributed by atoms with E-state index in [4.69, 9.17) is 9.68 Å².